The van der Waals surface area contributed by atoms with Crippen molar-refractivity contribution >= 4 is 23.2 Å². The van der Waals surface area contributed by atoms with Gasteiger partial charge in [-0.25, -0.2) is 0 Å². The highest BCUT2D eigenvalue weighted by atomic mass is 32.1. The summed E-state index contributed by atoms with van der Waals surface area (Å²) >= 11 is 1.60. The summed E-state index contributed by atoms with van der Waals surface area (Å²) in [6, 6.07) is 3.91. The molecule has 0 saturated heterocycles. The topological polar surface area (TPSA) is 57.6 Å². The third-order valence-electron chi connectivity index (χ3n) is 2.19. The van der Waals surface area contributed by atoms with Gasteiger partial charge in [-0.3, -0.25) is 9.59 Å². The number of carboxylic acid groups (broad SMARTS) is 1. The fraction of sp³-hybridized carbons (Fsp3) is 0.455. The van der Waals surface area contributed by atoms with Crippen molar-refractivity contribution in [2.45, 2.75) is 26.3 Å². The lowest BCUT2D eigenvalue weighted by molar-refractivity contribution is -0.138. The average molecular weight is 241 g/mol. The minimum absolute atomic E-state index is 0.0150. The maximum Gasteiger partial charge on any atom is 0.303 e. The van der Waals surface area contributed by atoms with Crippen LogP contribution in [0.5, 0.6) is 0 Å². The zero-order valence-corrected chi connectivity index (χ0v) is 10.00. The van der Waals surface area contributed by atoms with Gasteiger partial charge in [-0.2, -0.15) is 0 Å². The predicted octanol–water partition coefficient (Wildman–Crippen LogP) is 1.96. The van der Waals surface area contributed by atoms with Crippen LogP contribution < -0.4 is 0 Å². The van der Waals surface area contributed by atoms with Crippen molar-refractivity contribution < 1.29 is 14.7 Å². The minimum Gasteiger partial charge on any atom is -0.481 e. The number of carbonyl (C=O) groups is 2. The van der Waals surface area contributed by atoms with Crippen molar-refractivity contribution in [2.75, 3.05) is 6.54 Å². The fourth-order valence-electron chi connectivity index (χ4n) is 1.36. The number of hydrogen-bond donors (Lipinski definition) is 1. The molecule has 0 unspecified atom stereocenters. The molecular formula is C11H15NO3S. The van der Waals surface area contributed by atoms with E-state index in [1.54, 1.807) is 16.2 Å². The number of carboxylic acids is 1. The lowest BCUT2D eigenvalue weighted by atomic mass is 10.3. The molecule has 1 aromatic rings. The maximum atomic E-state index is 11.3. The van der Waals surface area contributed by atoms with Crippen molar-refractivity contribution in [1.82, 2.24) is 4.90 Å². The first-order chi connectivity index (χ1) is 7.59. The van der Waals surface area contributed by atoms with Crippen LogP contribution in [0.25, 0.3) is 0 Å². The van der Waals surface area contributed by atoms with Crippen molar-refractivity contribution in [2.24, 2.45) is 0 Å². The highest BCUT2D eigenvalue weighted by Gasteiger charge is 2.10. The second-order valence-corrected chi connectivity index (χ2v) is 4.55. The van der Waals surface area contributed by atoms with Crippen LogP contribution in [0.2, 0.25) is 0 Å². The highest BCUT2D eigenvalue weighted by Crippen LogP contribution is 2.12. The normalized spacial score (nSPS) is 10.1. The Kier molecular flexibility index (Phi) is 4.98. The van der Waals surface area contributed by atoms with Gasteiger partial charge in [0.05, 0.1) is 6.54 Å². The first-order valence-electron chi connectivity index (χ1n) is 5.09. The maximum absolute atomic E-state index is 11.3. The third kappa shape index (κ3) is 4.44. The van der Waals surface area contributed by atoms with Gasteiger partial charge in [0.15, 0.2) is 0 Å². The summed E-state index contributed by atoms with van der Waals surface area (Å²) in [5.41, 5.74) is 0. The molecule has 0 saturated carbocycles. The molecule has 88 valence electrons. The van der Waals surface area contributed by atoms with E-state index in [0.717, 1.165) is 4.88 Å². The molecule has 4 nitrogen and oxygen atoms in total. The standard InChI is InChI=1S/C11H15NO3S/c1-9(13)12(6-2-5-11(14)15)8-10-4-3-7-16-10/h3-4,7H,2,5-6,8H2,1H3,(H,14,15). The average Bonchev–Trinajstić information content (AvgIpc) is 2.68. The zero-order chi connectivity index (χ0) is 12.0. The van der Waals surface area contributed by atoms with E-state index in [9.17, 15) is 9.59 Å². The molecule has 5 heteroatoms. The van der Waals surface area contributed by atoms with Crippen LogP contribution in [0.4, 0.5) is 0 Å². The molecule has 0 spiro atoms. The molecule has 1 N–H and O–H groups in total. The Hall–Kier alpha value is -1.36. The van der Waals surface area contributed by atoms with Gasteiger partial charge < -0.3 is 10.0 Å². The van der Waals surface area contributed by atoms with E-state index in [0.29, 0.717) is 19.5 Å². The van der Waals surface area contributed by atoms with E-state index in [-0.39, 0.29) is 12.3 Å². The lowest BCUT2D eigenvalue weighted by Gasteiger charge is -2.19. The Labute approximate surface area is 98.5 Å². The molecule has 0 aliphatic carbocycles. The van der Waals surface area contributed by atoms with Gasteiger partial charge in [0.2, 0.25) is 5.91 Å². The molecule has 1 aromatic heterocycles. The number of nitrogens with zero attached hydrogens (tertiary/aromatic N) is 1. The van der Waals surface area contributed by atoms with Crippen LogP contribution in [0, 0.1) is 0 Å². The van der Waals surface area contributed by atoms with Gasteiger partial charge in [0.1, 0.15) is 0 Å². The van der Waals surface area contributed by atoms with Crippen LogP contribution in [0.1, 0.15) is 24.6 Å². The summed E-state index contributed by atoms with van der Waals surface area (Å²) in [5.74, 6) is -0.835. The first kappa shape index (κ1) is 12.7. The molecule has 0 aromatic carbocycles. The molecule has 1 heterocycles. The molecule has 0 fully saturated rings. The Morgan fingerprint density at radius 2 is 2.25 bits per heavy atom. The van der Waals surface area contributed by atoms with Gasteiger partial charge in [0.25, 0.3) is 0 Å². The molecule has 1 amide bonds. The smallest absolute Gasteiger partial charge is 0.303 e. The van der Waals surface area contributed by atoms with E-state index in [2.05, 4.69) is 0 Å². The Morgan fingerprint density at radius 1 is 1.50 bits per heavy atom. The van der Waals surface area contributed by atoms with Crippen LogP contribution in [0.3, 0.4) is 0 Å². The molecule has 0 atom stereocenters. The first-order valence-corrected chi connectivity index (χ1v) is 5.97. The lowest BCUT2D eigenvalue weighted by Crippen LogP contribution is -2.29. The second kappa shape index (κ2) is 6.27. The van der Waals surface area contributed by atoms with E-state index < -0.39 is 5.97 Å². The van der Waals surface area contributed by atoms with Gasteiger partial charge in [-0.1, -0.05) is 6.07 Å². The summed E-state index contributed by atoms with van der Waals surface area (Å²) in [7, 11) is 0. The number of hydrogen-bond acceptors (Lipinski definition) is 3. The van der Waals surface area contributed by atoms with Crippen molar-refractivity contribution in [1.29, 1.82) is 0 Å². The molecule has 0 aliphatic heterocycles. The Bertz CT molecular complexity index is 348. The molecule has 0 bridgehead atoms. The Morgan fingerprint density at radius 3 is 2.75 bits per heavy atom. The number of carbonyl (C=O) groups excluding carboxylic acids is 1. The summed E-state index contributed by atoms with van der Waals surface area (Å²) in [4.78, 5) is 24.5. The van der Waals surface area contributed by atoms with Crippen molar-refractivity contribution in [3.8, 4) is 0 Å². The van der Waals surface area contributed by atoms with Crippen LogP contribution >= 0.6 is 11.3 Å². The predicted molar refractivity (Wildman–Crippen MR) is 62.3 cm³/mol. The monoisotopic (exact) mass is 241 g/mol. The van der Waals surface area contributed by atoms with E-state index in [1.807, 2.05) is 17.5 Å². The van der Waals surface area contributed by atoms with Crippen molar-refractivity contribution in [3.63, 3.8) is 0 Å². The largest absolute Gasteiger partial charge is 0.481 e. The van der Waals surface area contributed by atoms with E-state index >= 15 is 0 Å². The zero-order valence-electron chi connectivity index (χ0n) is 9.18. The molecule has 16 heavy (non-hydrogen) atoms. The van der Waals surface area contributed by atoms with E-state index in [1.165, 1.54) is 6.92 Å². The van der Waals surface area contributed by atoms with Crippen LogP contribution in [0.15, 0.2) is 17.5 Å². The number of amides is 1. The van der Waals surface area contributed by atoms with Crippen LogP contribution in [-0.4, -0.2) is 28.4 Å². The minimum atomic E-state index is -0.820. The van der Waals surface area contributed by atoms with E-state index in [4.69, 9.17) is 5.11 Å². The van der Waals surface area contributed by atoms with Gasteiger partial charge in [-0.05, 0) is 17.9 Å². The SMILES string of the molecule is CC(=O)N(CCCC(=O)O)Cc1cccs1. The summed E-state index contributed by atoms with van der Waals surface area (Å²) in [6.45, 7) is 2.58. The van der Waals surface area contributed by atoms with Crippen LogP contribution in [-0.2, 0) is 16.1 Å². The fourth-order valence-corrected chi connectivity index (χ4v) is 2.08. The number of rotatable bonds is 6. The highest BCUT2D eigenvalue weighted by molar-refractivity contribution is 7.09. The van der Waals surface area contributed by atoms with Gasteiger partial charge >= 0.3 is 5.97 Å². The molecule has 0 radical (unpaired) electrons. The summed E-state index contributed by atoms with van der Waals surface area (Å²) in [6.07, 6.45) is 0.606. The molecular weight excluding hydrogens is 226 g/mol. The summed E-state index contributed by atoms with van der Waals surface area (Å²) < 4.78 is 0. The Balaban J connectivity index is 2.42. The van der Waals surface area contributed by atoms with Crippen molar-refractivity contribution in [3.05, 3.63) is 22.4 Å². The van der Waals surface area contributed by atoms with Gasteiger partial charge in [-0.15, -0.1) is 11.3 Å². The quantitative estimate of drug-likeness (QED) is 0.828. The molecule has 1 rings (SSSR count). The molecule has 0 aliphatic rings. The number of aliphatic carboxylic acids is 1. The second-order valence-electron chi connectivity index (χ2n) is 3.52. The van der Waals surface area contributed by atoms with Gasteiger partial charge in [0, 0.05) is 24.8 Å². The third-order valence-corrected chi connectivity index (χ3v) is 3.05. The number of thiophene rings is 1. The summed E-state index contributed by atoms with van der Waals surface area (Å²) in [5, 5.41) is 10.5.